The summed E-state index contributed by atoms with van der Waals surface area (Å²) in [5.74, 6) is 0. The first kappa shape index (κ1) is 18.8. The lowest BCUT2D eigenvalue weighted by Crippen LogP contribution is -2.44. The van der Waals surface area contributed by atoms with E-state index in [-0.39, 0.29) is 6.04 Å². The molecule has 0 bridgehead atoms. The van der Waals surface area contributed by atoms with Gasteiger partial charge in [0, 0.05) is 26.2 Å². The van der Waals surface area contributed by atoms with Crippen LogP contribution in [0.1, 0.15) is 33.6 Å². The molecule has 0 heterocycles. The Morgan fingerprint density at radius 2 is 1.95 bits per heavy atom. The van der Waals surface area contributed by atoms with Crippen LogP contribution >= 0.6 is 0 Å². The van der Waals surface area contributed by atoms with Crippen molar-refractivity contribution in [1.29, 1.82) is 0 Å². The van der Waals surface area contributed by atoms with Crippen LogP contribution in [0, 0.1) is 0 Å². The zero-order valence-corrected chi connectivity index (χ0v) is 13.4. The van der Waals surface area contributed by atoms with Crippen molar-refractivity contribution in [2.75, 3.05) is 39.9 Å². The monoisotopic (exact) mass is 295 g/mol. The van der Waals surface area contributed by atoms with Crippen LogP contribution in [-0.2, 0) is 14.9 Å². The van der Waals surface area contributed by atoms with E-state index in [1.807, 2.05) is 6.92 Å². The molecule has 116 valence electrons. The Hall–Kier alpha value is -0.210. The summed E-state index contributed by atoms with van der Waals surface area (Å²) in [5.41, 5.74) is 0. The minimum atomic E-state index is -3.41. The van der Waals surface area contributed by atoms with E-state index in [0.717, 1.165) is 25.9 Å². The third-order valence-corrected chi connectivity index (χ3v) is 4.29. The van der Waals surface area contributed by atoms with Crippen molar-refractivity contribution in [3.63, 3.8) is 0 Å². The second kappa shape index (κ2) is 10.6. The molecule has 0 saturated heterocycles. The van der Waals surface area contributed by atoms with E-state index in [1.54, 1.807) is 14.0 Å². The molecule has 0 aliphatic rings. The number of rotatable bonds is 12. The average Bonchev–Trinajstić information content (AvgIpc) is 2.35. The highest BCUT2D eigenvalue weighted by Gasteiger charge is 2.19. The standard InChI is InChI=1S/C12H29N3O3S/c1-5-8-13-9-7-10-15(4)19(16,17)14-12(3)11-18-6-2/h12-14H,5-11H2,1-4H3. The molecule has 0 fully saturated rings. The lowest BCUT2D eigenvalue weighted by atomic mass is 10.4. The Morgan fingerprint density at radius 1 is 1.26 bits per heavy atom. The predicted octanol–water partition coefficient (Wildman–Crippen LogP) is 0.567. The van der Waals surface area contributed by atoms with Gasteiger partial charge in [-0.1, -0.05) is 6.92 Å². The molecule has 0 radical (unpaired) electrons. The van der Waals surface area contributed by atoms with Gasteiger partial charge in [0.2, 0.25) is 0 Å². The van der Waals surface area contributed by atoms with Crippen molar-refractivity contribution in [2.24, 2.45) is 0 Å². The molecule has 0 rings (SSSR count). The Kier molecular flexibility index (Phi) is 10.4. The highest BCUT2D eigenvalue weighted by Crippen LogP contribution is 1.98. The quantitative estimate of drug-likeness (QED) is 0.516. The SMILES string of the molecule is CCCNCCCN(C)S(=O)(=O)NC(C)COCC. The van der Waals surface area contributed by atoms with Crippen LogP contribution in [0.2, 0.25) is 0 Å². The molecule has 1 atom stereocenters. The molecular formula is C12H29N3O3S. The highest BCUT2D eigenvalue weighted by molar-refractivity contribution is 7.87. The molecule has 0 spiro atoms. The Bertz CT molecular complexity index is 309. The second-order valence-electron chi connectivity index (χ2n) is 4.61. The molecular weight excluding hydrogens is 266 g/mol. The molecule has 0 aromatic heterocycles. The number of hydrogen-bond donors (Lipinski definition) is 2. The van der Waals surface area contributed by atoms with Gasteiger partial charge in [-0.25, -0.2) is 0 Å². The fourth-order valence-electron chi connectivity index (χ4n) is 1.52. The first-order valence-electron chi connectivity index (χ1n) is 6.96. The first-order valence-corrected chi connectivity index (χ1v) is 8.40. The van der Waals surface area contributed by atoms with Gasteiger partial charge >= 0.3 is 0 Å². The minimum Gasteiger partial charge on any atom is -0.380 e. The Labute approximate surface area is 118 Å². The van der Waals surface area contributed by atoms with E-state index in [9.17, 15) is 8.42 Å². The van der Waals surface area contributed by atoms with Crippen LogP contribution in [0.15, 0.2) is 0 Å². The Balaban J connectivity index is 3.96. The van der Waals surface area contributed by atoms with E-state index in [1.165, 1.54) is 4.31 Å². The van der Waals surface area contributed by atoms with Gasteiger partial charge in [0.15, 0.2) is 0 Å². The fourth-order valence-corrected chi connectivity index (χ4v) is 2.65. The third kappa shape index (κ3) is 9.34. The van der Waals surface area contributed by atoms with Gasteiger partial charge in [0.05, 0.1) is 6.61 Å². The molecule has 0 aliphatic heterocycles. The highest BCUT2D eigenvalue weighted by atomic mass is 32.2. The molecule has 1 unspecified atom stereocenters. The molecule has 0 saturated carbocycles. The molecule has 6 nitrogen and oxygen atoms in total. The summed E-state index contributed by atoms with van der Waals surface area (Å²) >= 11 is 0. The van der Waals surface area contributed by atoms with E-state index in [2.05, 4.69) is 17.0 Å². The van der Waals surface area contributed by atoms with Crippen LogP contribution in [0.25, 0.3) is 0 Å². The van der Waals surface area contributed by atoms with Crippen LogP contribution in [-0.4, -0.2) is 58.7 Å². The molecule has 19 heavy (non-hydrogen) atoms. The van der Waals surface area contributed by atoms with Crippen molar-refractivity contribution < 1.29 is 13.2 Å². The van der Waals surface area contributed by atoms with Gasteiger partial charge in [-0.05, 0) is 39.8 Å². The summed E-state index contributed by atoms with van der Waals surface area (Å²) in [6.07, 6.45) is 1.89. The normalized spacial score (nSPS) is 13.9. The molecule has 0 aromatic rings. The zero-order valence-electron chi connectivity index (χ0n) is 12.6. The lowest BCUT2D eigenvalue weighted by molar-refractivity contribution is 0.133. The molecule has 0 amide bonds. The summed E-state index contributed by atoms with van der Waals surface area (Å²) in [4.78, 5) is 0. The van der Waals surface area contributed by atoms with Crippen LogP contribution < -0.4 is 10.0 Å². The summed E-state index contributed by atoms with van der Waals surface area (Å²) in [5, 5.41) is 3.25. The molecule has 0 aliphatic carbocycles. The minimum absolute atomic E-state index is 0.217. The first-order chi connectivity index (χ1) is 8.94. The third-order valence-electron chi connectivity index (χ3n) is 2.59. The van der Waals surface area contributed by atoms with Crippen LogP contribution in [0.3, 0.4) is 0 Å². The number of nitrogens with one attached hydrogen (secondary N) is 2. The zero-order chi connectivity index (χ0) is 14.7. The van der Waals surface area contributed by atoms with Crippen LogP contribution in [0.5, 0.6) is 0 Å². The number of hydrogen-bond acceptors (Lipinski definition) is 4. The van der Waals surface area contributed by atoms with E-state index >= 15 is 0 Å². The van der Waals surface area contributed by atoms with Gasteiger partial charge in [-0.2, -0.15) is 17.4 Å². The second-order valence-corrected chi connectivity index (χ2v) is 6.42. The van der Waals surface area contributed by atoms with E-state index in [4.69, 9.17) is 4.74 Å². The predicted molar refractivity (Wildman–Crippen MR) is 78.4 cm³/mol. The maximum absolute atomic E-state index is 12.0. The largest absolute Gasteiger partial charge is 0.380 e. The molecule has 7 heteroatoms. The van der Waals surface area contributed by atoms with Gasteiger partial charge in [-0.3, -0.25) is 0 Å². The van der Waals surface area contributed by atoms with Crippen molar-refractivity contribution in [1.82, 2.24) is 14.3 Å². The maximum atomic E-state index is 12.0. The smallest absolute Gasteiger partial charge is 0.279 e. The van der Waals surface area contributed by atoms with Gasteiger partial charge < -0.3 is 10.1 Å². The lowest BCUT2D eigenvalue weighted by Gasteiger charge is -2.21. The van der Waals surface area contributed by atoms with Gasteiger partial charge in [-0.15, -0.1) is 0 Å². The molecule has 0 aromatic carbocycles. The topological polar surface area (TPSA) is 70.7 Å². The summed E-state index contributed by atoms with van der Waals surface area (Å²) in [7, 11) is -1.81. The molecule has 2 N–H and O–H groups in total. The summed E-state index contributed by atoms with van der Waals surface area (Å²) in [6, 6.07) is -0.217. The summed E-state index contributed by atoms with van der Waals surface area (Å²) in [6.45, 7) is 9.08. The Morgan fingerprint density at radius 3 is 2.53 bits per heavy atom. The number of nitrogens with zero attached hydrogens (tertiary/aromatic N) is 1. The summed E-state index contributed by atoms with van der Waals surface area (Å²) < 4.78 is 33.1. The average molecular weight is 295 g/mol. The van der Waals surface area contributed by atoms with Crippen molar-refractivity contribution in [3.8, 4) is 0 Å². The van der Waals surface area contributed by atoms with Crippen LogP contribution in [0.4, 0.5) is 0 Å². The van der Waals surface area contributed by atoms with Crippen molar-refractivity contribution >= 4 is 10.2 Å². The van der Waals surface area contributed by atoms with Crippen molar-refractivity contribution in [2.45, 2.75) is 39.7 Å². The fraction of sp³-hybridized carbons (Fsp3) is 1.00. The van der Waals surface area contributed by atoms with Gasteiger partial charge in [0.1, 0.15) is 0 Å². The number of ether oxygens (including phenoxy) is 1. The van der Waals surface area contributed by atoms with Gasteiger partial charge in [0.25, 0.3) is 10.2 Å². The maximum Gasteiger partial charge on any atom is 0.279 e. The van der Waals surface area contributed by atoms with E-state index in [0.29, 0.717) is 19.8 Å². The van der Waals surface area contributed by atoms with E-state index < -0.39 is 10.2 Å². The van der Waals surface area contributed by atoms with Crippen molar-refractivity contribution in [3.05, 3.63) is 0 Å².